The zero-order valence-corrected chi connectivity index (χ0v) is 13.9. The number of aromatic nitrogens is 2. The molecule has 0 aliphatic carbocycles. The van der Waals surface area contributed by atoms with E-state index in [2.05, 4.69) is 9.97 Å². The second-order valence-corrected chi connectivity index (χ2v) is 6.11. The van der Waals surface area contributed by atoms with Crippen molar-refractivity contribution in [1.29, 1.82) is 0 Å². The quantitative estimate of drug-likeness (QED) is 0.797. The molecule has 2 N–H and O–H groups in total. The molecule has 0 fully saturated rings. The molecule has 3 aromatic heterocycles. The summed E-state index contributed by atoms with van der Waals surface area (Å²) >= 11 is 1.36. The Morgan fingerprint density at radius 3 is 2.52 bits per heavy atom. The largest absolute Gasteiger partial charge is 0.397 e. The first kappa shape index (κ1) is 15.4. The Morgan fingerprint density at radius 2 is 1.87 bits per heavy atom. The van der Waals surface area contributed by atoms with Crippen molar-refractivity contribution in [3.05, 3.63) is 41.5 Å². The van der Waals surface area contributed by atoms with E-state index in [-0.39, 0.29) is 5.91 Å². The van der Waals surface area contributed by atoms with Crippen LogP contribution in [0.2, 0.25) is 0 Å². The van der Waals surface area contributed by atoms with Gasteiger partial charge in [-0.3, -0.25) is 9.78 Å². The molecule has 0 aromatic carbocycles. The van der Waals surface area contributed by atoms with Gasteiger partial charge in [0, 0.05) is 36.4 Å². The van der Waals surface area contributed by atoms with Crippen LogP contribution in [0.1, 0.15) is 23.5 Å². The highest BCUT2D eigenvalue weighted by Gasteiger charge is 2.21. The van der Waals surface area contributed by atoms with Gasteiger partial charge >= 0.3 is 0 Å². The van der Waals surface area contributed by atoms with Crippen LogP contribution in [0, 0.1) is 0 Å². The van der Waals surface area contributed by atoms with Gasteiger partial charge in [-0.15, -0.1) is 11.3 Å². The molecule has 0 unspecified atom stereocenters. The fourth-order valence-electron chi connectivity index (χ4n) is 2.49. The number of nitrogens with zero attached hydrogens (tertiary/aromatic N) is 3. The van der Waals surface area contributed by atoms with Gasteiger partial charge in [-0.05, 0) is 38.1 Å². The molecule has 0 radical (unpaired) electrons. The number of carbonyl (C=O) groups excluding carboxylic acids is 1. The normalized spacial score (nSPS) is 10.9. The highest BCUT2D eigenvalue weighted by Crippen LogP contribution is 2.34. The number of nitrogen functional groups attached to an aromatic ring is 1. The number of fused-ring (bicyclic) bond motifs is 1. The monoisotopic (exact) mass is 326 g/mol. The third-order valence-electron chi connectivity index (χ3n) is 3.81. The van der Waals surface area contributed by atoms with Crippen LogP contribution in [0.4, 0.5) is 5.69 Å². The van der Waals surface area contributed by atoms with Crippen molar-refractivity contribution in [1.82, 2.24) is 14.9 Å². The number of hydrogen-bond acceptors (Lipinski definition) is 5. The lowest BCUT2D eigenvalue weighted by atomic mass is 10.1. The first-order chi connectivity index (χ1) is 11.2. The van der Waals surface area contributed by atoms with Crippen LogP contribution in [0.5, 0.6) is 0 Å². The zero-order chi connectivity index (χ0) is 16.4. The number of rotatable bonds is 4. The summed E-state index contributed by atoms with van der Waals surface area (Å²) in [6, 6.07) is 7.68. The lowest BCUT2D eigenvalue weighted by Crippen LogP contribution is -2.30. The Kier molecular flexibility index (Phi) is 4.25. The number of thiophene rings is 1. The summed E-state index contributed by atoms with van der Waals surface area (Å²) in [5.41, 5.74) is 8.55. The number of pyridine rings is 2. The summed E-state index contributed by atoms with van der Waals surface area (Å²) in [5, 5.41) is 0.836. The van der Waals surface area contributed by atoms with Gasteiger partial charge < -0.3 is 10.6 Å². The van der Waals surface area contributed by atoms with E-state index in [9.17, 15) is 4.79 Å². The first-order valence-corrected chi connectivity index (χ1v) is 8.36. The second kappa shape index (κ2) is 6.34. The van der Waals surface area contributed by atoms with E-state index in [1.807, 2.05) is 38.1 Å². The molecule has 0 saturated heterocycles. The Hall–Kier alpha value is -2.47. The third kappa shape index (κ3) is 2.77. The van der Waals surface area contributed by atoms with Crippen molar-refractivity contribution < 1.29 is 4.79 Å². The molecule has 0 saturated carbocycles. The van der Waals surface area contributed by atoms with Crippen LogP contribution in [-0.4, -0.2) is 33.9 Å². The predicted octanol–water partition coefficient (Wildman–Crippen LogP) is 3.42. The Balaban J connectivity index is 2.07. The summed E-state index contributed by atoms with van der Waals surface area (Å²) in [4.78, 5) is 24.4. The van der Waals surface area contributed by atoms with Gasteiger partial charge in [-0.25, -0.2) is 4.98 Å². The summed E-state index contributed by atoms with van der Waals surface area (Å²) in [6.07, 6.45) is 3.47. The number of amides is 1. The van der Waals surface area contributed by atoms with Crippen LogP contribution in [0.25, 0.3) is 21.5 Å². The molecule has 0 spiro atoms. The maximum absolute atomic E-state index is 12.6. The fraction of sp³-hybridized carbons (Fsp3) is 0.235. The minimum atomic E-state index is -0.0269. The lowest BCUT2D eigenvalue weighted by Gasteiger charge is -2.17. The van der Waals surface area contributed by atoms with Crippen LogP contribution < -0.4 is 5.73 Å². The van der Waals surface area contributed by atoms with Gasteiger partial charge in [-0.2, -0.15) is 0 Å². The van der Waals surface area contributed by atoms with Crippen molar-refractivity contribution >= 4 is 33.1 Å². The van der Waals surface area contributed by atoms with Crippen LogP contribution in [0.3, 0.4) is 0 Å². The SMILES string of the molecule is CCN(CC)C(=O)c1sc2nc(-c3ccncc3)ccc2c1N. The van der Waals surface area contributed by atoms with E-state index < -0.39 is 0 Å². The van der Waals surface area contributed by atoms with Crippen molar-refractivity contribution in [2.45, 2.75) is 13.8 Å². The first-order valence-electron chi connectivity index (χ1n) is 7.54. The zero-order valence-electron chi connectivity index (χ0n) is 13.1. The van der Waals surface area contributed by atoms with E-state index in [0.717, 1.165) is 21.5 Å². The lowest BCUT2D eigenvalue weighted by molar-refractivity contribution is 0.0779. The molecular weight excluding hydrogens is 308 g/mol. The number of carbonyl (C=O) groups is 1. The summed E-state index contributed by atoms with van der Waals surface area (Å²) in [6.45, 7) is 5.26. The predicted molar refractivity (Wildman–Crippen MR) is 94.5 cm³/mol. The standard InChI is InChI=1S/C17H18N4OS/c1-3-21(4-2)17(22)15-14(18)12-5-6-13(20-16(12)23-15)11-7-9-19-10-8-11/h5-10H,3-4,18H2,1-2H3. The average molecular weight is 326 g/mol. The van der Waals surface area contributed by atoms with Gasteiger partial charge in [0.25, 0.3) is 5.91 Å². The van der Waals surface area contributed by atoms with E-state index in [0.29, 0.717) is 23.7 Å². The van der Waals surface area contributed by atoms with Crippen LogP contribution in [0.15, 0.2) is 36.7 Å². The Bertz CT molecular complexity index is 840. The molecule has 0 bridgehead atoms. The molecule has 1 amide bonds. The van der Waals surface area contributed by atoms with E-state index in [1.165, 1.54) is 11.3 Å². The van der Waals surface area contributed by atoms with Crippen molar-refractivity contribution in [3.8, 4) is 11.3 Å². The van der Waals surface area contributed by atoms with Crippen LogP contribution in [-0.2, 0) is 0 Å². The summed E-state index contributed by atoms with van der Waals surface area (Å²) < 4.78 is 0. The molecule has 0 atom stereocenters. The Morgan fingerprint density at radius 1 is 1.17 bits per heavy atom. The molecule has 3 rings (SSSR count). The highest BCUT2D eigenvalue weighted by atomic mass is 32.1. The molecule has 23 heavy (non-hydrogen) atoms. The molecule has 3 heterocycles. The highest BCUT2D eigenvalue weighted by molar-refractivity contribution is 7.21. The third-order valence-corrected chi connectivity index (χ3v) is 4.92. The van der Waals surface area contributed by atoms with Crippen molar-refractivity contribution in [2.75, 3.05) is 18.8 Å². The van der Waals surface area contributed by atoms with Gasteiger partial charge in [0.1, 0.15) is 9.71 Å². The molecule has 5 nitrogen and oxygen atoms in total. The molecule has 3 aromatic rings. The number of anilines is 1. The van der Waals surface area contributed by atoms with E-state index in [1.54, 1.807) is 17.3 Å². The topological polar surface area (TPSA) is 72.1 Å². The van der Waals surface area contributed by atoms with Gasteiger partial charge in [0.15, 0.2) is 0 Å². The molecule has 6 heteroatoms. The van der Waals surface area contributed by atoms with Crippen molar-refractivity contribution in [2.24, 2.45) is 0 Å². The molecule has 118 valence electrons. The van der Waals surface area contributed by atoms with E-state index >= 15 is 0 Å². The minimum absolute atomic E-state index is 0.0269. The summed E-state index contributed by atoms with van der Waals surface area (Å²) in [7, 11) is 0. The molecule has 0 aliphatic rings. The maximum atomic E-state index is 12.6. The average Bonchev–Trinajstić information content (AvgIpc) is 2.93. The second-order valence-electron chi connectivity index (χ2n) is 5.11. The summed E-state index contributed by atoms with van der Waals surface area (Å²) in [5.74, 6) is -0.0269. The van der Waals surface area contributed by atoms with Crippen molar-refractivity contribution in [3.63, 3.8) is 0 Å². The number of nitrogens with two attached hydrogens (primary N) is 1. The maximum Gasteiger partial charge on any atom is 0.266 e. The fourth-order valence-corrected chi connectivity index (χ4v) is 3.56. The van der Waals surface area contributed by atoms with E-state index in [4.69, 9.17) is 5.73 Å². The number of hydrogen-bond donors (Lipinski definition) is 1. The molecule has 0 aliphatic heterocycles. The Labute approximate surface area is 138 Å². The minimum Gasteiger partial charge on any atom is -0.397 e. The van der Waals surface area contributed by atoms with Gasteiger partial charge in [-0.1, -0.05) is 0 Å². The van der Waals surface area contributed by atoms with Gasteiger partial charge in [0.2, 0.25) is 0 Å². The smallest absolute Gasteiger partial charge is 0.266 e. The van der Waals surface area contributed by atoms with Gasteiger partial charge in [0.05, 0.1) is 11.4 Å². The van der Waals surface area contributed by atoms with Crippen LogP contribution >= 0.6 is 11.3 Å². The molecular formula is C17H18N4OS.